The molecule has 2 N–H and O–H groups in total. The molecule has 4 heteroatoms. The second-order valence-corrected chi connectivity index (χ2v) is 4.10. The van der Waals surface area contributed by atoms with Gasteiger partial charge < -0.3 is 5.73 Å². The molecular weight excluding hydrogens is 194 g/mol. The molecule has 0 bridgehead atoms. The molecule has 0 amide bonds. The van der Waals surface area contributed by atoms with E-state index in [1.165, 1.54) is 11.3 Å². The van der Waals surface area contributed by atoms with Crippen molar-refractivity contribution < 1.29 is 0 Å². The SMILES string of the molecule is Nc1nc2c(cnc3ccccc32)s1. The molecule has 0 aliphatic carbocycles. The van der Waals surface area contributed by atoms with E-state index < -0.39 is 0 Å². The molecule has 0 saturated carbocycles. The summed E-state index contributed by atoms with van der Waals surface area (Å²) in [7, 11) is 0. The van der Waals surface area contributed by atoms with Crippen molar-refractivity contribution in [2.75, 3.05) is 5.73 Å². The number of para-hydroxylation sites is 1. The molecule has 14 heavy (non-hydrogen) atoms. The number of hydrogen-bond donors (Lipinski definition) is 1. The smallest absolute Gasteiger partial charge is 0.181 e. The lowest BCUT2D eigenvalue weighted by Gasteiger charge is -1.95. The highest BCUT2D eigenvalue weighted by Gasteiger charge is 2.05. The summed E-state index contributed by atoms with van der Waals surface area (Å²) in [6.07, 6.45) is 1.83. The van der Waals surface area contributed by atoms with Gasteiger partial charge in [-0.3, -0.25) is 4.98 Å². The summed E-state index contributed by atoms with van der Waals surface area (Å²) in [5.41, 5.74) is 7.58. The standard InChI is InChI=1S/C10H7N3S/c11-10-13-9-6-3-1-2-4-7(6)12-5-8(9)14-10/h1-5H,(H2,11,13). The molecule has 0 fully saturated rings. The Kier molecular flexibility index (Phi) is 1.46. The van der Waals surface area contributed by atoms with E-state index in [1.807, 2.05) is 30.5 Å². The van der Waals surface area contributed by atoms with Crippen LogP contribution in [0.3, 0.4) is 0 Å². The maximum Gasteiger partial charge on any atom is 0.181 e. The van der Waals surface area contributed by atoms with Gasteiger partial charge in [0.1, 0.15) is 0 Å². The second kappa shape index (κ2) is 2.65. The van der Waals surface area contributed by atoms with Crippen LogP contribution >= 0.6 is 11.3 Å². The first-order valence-electron chi connectivity index (χ1n) is 4.24. The van der Waals surface area contributed by atoms with Crippen LogP contribution in [0.15, 0.2) is 30.5 Å². The van der Waals surface area contributed by atoms with Crippen LogP contribution in [0.5, 0.6) is 0 Å². The minimum absolute atomic E-state index is 0.596. The fraction of sp³-hybridized carbons (Fsp3) is 0. The van der Waals surface area contributed by atoms with Crippen molar-refractivity contribution in [3.8, 4) is 0 Å². The minimum Gasteiger partial charge on any atom is -0.375 e. The third-order valence-electron chi connectivity index (χ3n) is 2.15. The number of aromatic nitrogens is 2. The molecule has 3 nitrogen and oxygen atoms in total. The van der Waals surface area contributed by atoms with Crippen LogP contribution in [-0.4, -0.2) is 9.97 Å². The van der Waals surface area contributed by atoms with Gasteiger partial charge in [0.2, 0.25) is 0 Å². The molecule has 3 rings (SSSR count). The third-order valence-corrected chi connectivity index (χ3v) is 2.97. The molecule has 0 aliphatic rings. The normalized spacial score (nSPS) is 11.1. The van der Waals surface area contributed by atoms with Crippen LogP contribution in [0.4, 0.5) is 5.13 Å². The summed E-state index contributed by atoms with van der Waals surface area (Å²) in [5.74, 6) is 0. The van der Waals surface area contributed by atoms with Crippen LogP contribution in [-0.2, 0) is 0 Å². The third kappa shape index (κ3) is 0.975. The number of hydrogen-bond acceptors (Lipinski definition) is 4. The van der Waals surface area contributed by atoms with Crippen LogP contribution in [0.25, 0.3) is 21.1 Å². The number of nitrogens with two attached hydrogens (primary N) is 1. The maximum atomic E-state index is 5.66. The lowest BCUT2D eigenvalue weighted by Crippen LogP contribution is -1.81. The van der Waals surface area contributed by atoms with Crippen molar-refractivity contribution in [1.29, 1.82) is 0 Å². The van der Waals surface area contributed by atoms with E-state index in [0.717, 1.165) is 21.1 Å². The Hall–Kier alpha value is -1.68. The fourth-order valence-corrected chi connectivity index (χ4v) is 2.26. The number of benzene rings is 1. The number of nitrogen functional groups attached to an aromatic ring is 1. The molecular formula is C10H7N3S. The highest BCUT2D eigenvalue weighted by Crippen LogP contribution is 2.28. The first-order valence-corrected chi connectivity index (χ1v) is 5.06. The van der Waals surface area contributed by atoms with Gasteiger partial charge in [-0.15, -0.1) is 0 Å². The number of rotatable bonds is 0. The molecule has 2 heterocycles. The fourth-order valence-electron chi connectivity index (χ4n) is 1.54. The van der Waals surface area contributed by atoms with E-state index in [-0.39, 0.29) is 0 Å². The number of pyridine rings is 1. The predicted octanol–water partition coefficient (Wildman–Crippen LogP) is 2.43. The van der Waals surface area contributed by atoms with E-state index >= 15 is 0 Å². The maximum absolute atomic E-state index is 5.66. The van der Waals surface area contributed by atoms with Crippen LogP contribution < -0.4 is 5.73 Å². The van der Waals surface area contributed by atoms with Crippen molar-refractivity contribution in [3.63, 3.8) is 0 Å². The van der Waals surface area contributed by atoms with Gasteiger partial charge in [0.25, 0.3) is 0 Å². The Labute approximate surface area is 84.2 Å². The Bertz CT molecular complexity index is 615. The summed E-state index contributed by atoms with van der Waals surface area (Å²) < 4.78 is 1.04. The molecule has 3 aromatic rings. The van der Waals surface area contributed by atoms with Gasteiger partial charge in [-0.25, -0.2) is 4.98 Å². The van der Waals surface area contributed by atoms with E-state index in [1.54, 1.807) is 0 Å². The Morgan fingerprint density at radius 1 is 1.21 bits per heavy atom. The second-order valence-electron chi connectivity index (χ2n) is 3.04. The zero-order valence-corrected chi connectivity index (χ0v) is 8.08. The monoisotopic (exact) mass is 201 g/mol. The summed E-state index contributed by atoms with van der Waals surface area (Å²) in [5, 5.41) is 1.66. The van der Waals surface area contributed by atoms with Gasteiger partial charge in [0.05, 0.1) is 15.7 Å². The Morgan fingerprint density at radius 3 is 3.00 bits per heavy atom. The minimum atomic E-state index is 0.596. The summed E-state index contributed by atoms with van der Waals surface area (Å²) in [6, 6.07) is 7.95. The highest BCUT2D eigenvalue weighted by molar-refractivity contribution is 7.22. The average Bonchev–Trinajstić information content (AvgIpc) is 2.59. The van der Waals surface area contributed by atoms with Crippen molar-refractivity contribution in [2.45, 2.75) is 0 Å². The highest BCUT2D eigenvalue weighted by atomic mass is 32.1. The molecule has 1 aromatic carbocycles. The molecule has 68 valence electrons. The Balaban J connectivity index is 2.60. The van der Waals surface area contributed by atoms with Gasteiger partial charge in [-0.2, -0.15) is 0 Å². The van der Waals surface area contributed by atoms with Crippen LogP contribution in [0.1, 0.15) is 0 Å². The van der Waals surface area contributed by atoms with Gasteiger partial charge >= 0.3 is 0 Å². The molecule has 2 aromatic heterocycles. The first-order chi connectivity index (χ1) is 6.84. The molecule has 0 saturated heterocycles. The first kappa shape index (κ1) is 7.70. The Morgan fingerprint density at radius 2 is 2.07 bits per heavy atom. The molecule has 0 radical (unpaired) electrons. The zero-order chi connectivity index (χ0) is 9.54. The molecule has 0 unspecified atom stereocenters. The van der Waals surface area contributed by atoms with E-state index in [4.69, 9.17) is 5.73 Å². The zero-order valence-electron chi connectivity index (χ0n) is 7.27. The molecule has 0 atom stereocenters. The van der Waals surface area contributed by atoms with Crippen LogP contribution in [0.2, 0.25) is 0 Å². The number of thiazole rings is 1. The van der Waals surface area contributed by atoms with Crippen molar-refractivity contribution in [2.24, 2.45) is 0 Å². The largest absolute Gasteiger partial charge is 0.375 e. The number of nitrogens with zero attached hydrogens (tertiary/aromatic N) is 2. The summed E-state index contributed by atoms with van der Waals surface area (Å²) >= 11 is 1.47. The van der Waals surface area contributed by atoms with Gasteiger partial charge in [0, 0.05) is 11.6 Å². The number of fused-ring (bicyclic) bond motifs is 3. The lowest BCUT2D eigenvalue weighted by molar-refractivity contribution is 1.43. The molecule has 0 aliphatic heterocycles. The van der Waals surface area contributed by atoms with E-state index in [0.29, 0.717) is 5.13 Å². The summed E-state index contributed by atoms with van der Waals surface area (Å²) in [6.45, 7) is 0. The van der Waals surface area contributed by atoms with E-state index in [9.17, 15) is 0 Å². The summed E-state index contributed by atoms with van der Waals surface area (Å²) in [4.78, 5) is 8.64. The lowest BCUT2D eigenvalue weighted by atomic mass is 10.2. The molecule has 0 spiro atoms. The number of anilines is 1. The van der Waals surface area contributed by atoms with Crippen LogP contribution in [0, 0.1) is 0 Å². The van der Waals surface area contributed by atoms with Crippen molar-refractivity contribution in [1.82, 2.24) is 9.97 Å². The average molecular weight is 201 g/mol. The van der Waals surface area contributed by atoms with Gasteiger partial charge in [-0.1, -0.05) is 29.5 Å². The van der Waals surface area contributed by atoms with Gasteiger partial charge in [-0.05, 0) is 6.07 Å². The predicted molar refractivity (Wildman–Crippen MR) is 59.3 cm³/mol. The van der Waals surface area contributed by atoms with Crippen molar-refractivity contribution >= 4 is 37.6 Å². The van der Waals surface area contributed by atoms with E-state index in [2.05, 4.69) is 9.97 Å². The topological polar surface area (TPSA) is 51.8 Å². The van der Waals surface area contributed by atoms with Gasteiger partial charge in [0.15, 0.2) is 5.13 Å². The quantitative estimate of drug-likeness (QED) is 0.607. The van der Waals surface area contributed by atoms with Crippen molar-refractivity contribution in [3.05, 3.63) is 30.5 Å².